The third-order valence-corrected chi connectivity index (χ3v) is 6.71. The van der Waals surface area contributed by atoms with Crippen molar-refractivity contribution in [2.45, 2.75) is 116 Å². The zero-order chi connectivity index (χ0) is 24.6. The highest BCUT2D eigenvalue weighted by Crippen LogP contribution is 2.33. The first kappa shape index (κ1) is 28.0. The van der Waals surface area contributed by atoms with Crippen LogP contribution in [-0.2, 0) is 9.53 Å². The van der Waals surface area contributed by atoms with Crippen molar-refractivity contribution < 1.29 is 9.53 Å². The number of nitrogens with two attached hydrogens (primary N) is 3. The second-order valence-corrected chi connectivity index (χ2v) is 9.59. The molecule has 6 N–H and O–H groups in total. The maximum absolute atomic E-state index is 13.0. The topological polar surface area (TPSA) is 132 Å². The number of guanidine groups is 2. The smallest absolute Gasteiger partial charge is 0.337 e. The first-order valence-corrected chi connectivity index (χ1v) is 13.6. The Morgan fingerprint density at radius 1 is 1.00 bits per heavy atom. The lowest BCUT2D eigenvalue weighted by Gasteiger charge is -2.30. The van der Waals surface area contributed by atoms with Crippen molar-refractivity contribution >= 4 is 17.9 Å². The lowest BCUT2D eigenvalue weighted by Crippen LogP contribution is -2.41. The molecule has 1 atom stereocenters. The van der Waals surface area contributed by atoms with Crippen LogP contribution in [0.3, 0.4) is 0 Å². The number of allylic oxidation sites excluding steroid dienone is 1. The average Bonchev–Trinajstić information content (AvgIpc) is 3.30. The Morgan fingerprint density at radius 2 is 1.65 bits per heavy atom. The molecule has 1 saturated heterocycles. The number of fused-ring (bicyclic) bond motifs is 1. The van der Waals surface area contributed by atoms with Crippen LogP contribution in [0, 0.1) is 0 Å². The Bertz CT molecular complexity index is 699. The predicted octanol–water partition coefficient (Wildman–Crippen LogP) is 4.33. The highest BCUT2D eigenvalue weighted by atomic mass is 16.5. The van der Waals surface area contributed by atoms with Crippen molar-refractivity contribution in [3.05, 3.63) is 11.3 Å². The fourth-order valence-corrected chi connectivity index (χ4v) is 4.82. The number of carbonyl (C=O) groups excluding carboxylic acids is 1. The van der Waals surface area contributed by atoms with E-state index in [9.17, 15) is 4.79 Å². The molecule has 1 unspecified atom stereocenters. The molecule has 0 spiro atoms. The van der Waals surface area contributed by atoms with E-state index in [0.29, 0.717) is 19.1 Å². The average molecular weight is 477 g/mol. The van der Waals surface area contributed by atoms with Crippen LogP contribution >= 0.6 is 0 Å². The second kappa shape index (κ2) is 16.4. The van der Waals surface area contributed by atoms with Gasteiger partial charge in [-0.3, -0.25) is 4.99 Å². The first-order valence-electron chi connectivity index (χ1n) is 13.6. The number of hydrogen-bond donors (Lipinski definition) is 3. The summed E-state index contributed by atoms with van der Waals surface area (Å²) >= 11 is 0. The molecule has 0 aromatic rings. The molecule has 2 aliphatic rings. The van der Waals surface area contributed by atoms with Gasteiger partial charge in [-0.15, -0.1) is 0 Å². The second-order valence-electron chi connectivity index (χ2n) is 9.59. The summed E-state index contributed by atoms with van der Waals surface area (Å²) in [5.41, 5.74) is 18.7. The highest BCUT2D eigenvalue weighted by molar-refractivity contribution is 5.95. The van der Waals surface area contributed by atoms with Crippen LogP contribution < -0.4 is 17.2 Å². The molecule has 2 rings (SSSR count). The minimum absolute atomic E-state index is 0.0909. The fourth-order valence-electron chi connectivity index (χ4n) is 4.82. The standard InChI is InChI=1S/C26H48N6O2/c1-2-3-4-5-6-7-8-9-10-11-12-16-21-23(22-17-15-19-32(22)26(29)31-21)24(33)34-20-14-13-18-30-25(27)28/h21H,2-20H2,1H3,(H2,29,31)(H4,27,28,30). The molecule has 0 saturated carbocycles. The molecular weight excluding hydrogens is 428 g/mol. The Balaban J connectivity index is 1.74. The third kappa shape index (κ3) is 9.94. The Morgan fingerprint density at radius 3 is 2.29 bits per heavy atom. The van der Waals surface area contributed by atoms with Gasteiger partial charge in [-0.25, -0.2) is 9.79 Å². The van der Waals surface area contributed by atoms with Gasteiger partial charge in [-0.05, 0) is 32.1 Å². The molecule has 0 aliphatic carbocycles. The summed E-state index contributed by atoms with van der Waals surface area (Å²) in [5.74, 6) is 0.399. The zero-order valence-electron chi connectivity index (χ0n) is 21.4. The number of ether oxygens (including phenoxy) is 1. The van der Waals surface area contributed by atoms with E-state index in [4.69, 9.17) is 26.9 Å². The number of aliphatic imine (C=N–C) groups is 2. The van der Waals surface area contributed by atoms with Crippen LogP contribution in [0.15, 0.2) is 21.3 Å². The van der Waals surface area contributed by atoms with Gasteiger partial charge >= 0.3 is 5.97 Å². The van der Waals surface area contributed by atoms with Gasteiger partial charge in [0.05, 0.1) is 18.2 Å². The van der Waals surface area contributed by atoms with Crippen molar-refractivity contribution in [2.24, 2.45) is 27.2 Å². The van der Waals surface area contributed by atoms with Gasteiger partial charge in [-0.1, -0.05) is 77.6 Å². The lowest BCUT2D eigenvalue weighted by atomic mass is 9.96. The van der Waals surface area contributed by atoms with Crippen LogP contribution in [0.25, 0.3) is 0 Å². The van der Waals surface area contributed by atoms with Gasteiger partial charge in [0.1, 0.15) is 0 Å². The highest BCUT2D eigenvalue weighted by Gasteiger charge is 2.36. The molecule has 0 amide bonds. The van der Waals surface area contributed by atoms with E-state index in [0.717, 1.165) is 56.3 Å². The zero-order valence-corrected chi connectivity index (χ0v) is 21.4. The van der Waals surface area contributed by atoms with E-state index in [-0.39, 0.29) is 18.0 Å². The van der Waals surface area contributed by atoms with E-state index >= 15 is 0 Å². The Kier molecular flexibility index (Phi) is 13.5. The molecule has 194 valence electrons. The molecule has 0 bridgehead atoms. The van der Waals surface area contributed by atoms with Crippen molar-refractivity contribution in [3.8, 4) is 0 Å². The minimum Gasteiger partial charge on any atom is -0.462 e. The van der Waals surface area contributed by atoms with Crippen molar-refractivity contribution in [3.63, 3.8) is 0 Å². The first-order chi connectivity index (χ1) is 16.5. The summed E-state index contributed by atoms with van der Waals surface area (Å²) in [4.78, 5) is 23.7. The van der Waals surface area contributed by atoms with Crippen LogP contribution in [0.4, 0.5) is 0 Å². The quantitative estimate of drug-likeness (QED) is 0.117. The van der Waals surface area contributed by atoms with Gasteiger partial charge in [0.25, 0.3) is 0 Å². The predicted molar refractivity (Wildman–Crippen MR) is 140 cm³/mol. The number of carbonyl (C=O) groups is 1. The molecule has 8 heteroatoms. The fraction of sp³-hybridized carbons (Fsp3) is 0.808. The summed E-state index contributed by atoms with van der Waals surface area (Å²) in [7, 11) is 0. The number of unbranched alkanes of at least 4 members (excludes halogenated alkanes) is 11. The van der Waals surface area contributed by atoms with Gasteiger partial charge in [0, 0.05) is 18.8 Å². The Labute approximate surface area is 206 Å². The van der Waals surface area contributed by atoms with Crippen LogP contribution in [0.2, 0.25) is 0 Å². The van der Waals surface area contributed by atoms with E-state index < -0.39 is 0 Å². The number of rotatable bonds is 18. The lowest BCUT2D eigenvalue weighted by molar-refractivity contribution is -0.139. The molecule has 0 aromatic carbocycles. The van der Waals surface area contributed by atoms with E-state index in [1.165, 1.54) is 64.2 Å². The summed E-state index contributed by atoms with van der Waals surface area (Å²) in [5, 5.41) is 0. The molecule has 0 aromatic heterocycles. The van der Waals surface area contributed by atoms with E-state index in [1.807, 2.05) is 4.90 Å². The molecule has 2 aliphatic heterocycles. The van der Waals surface area contributed by atoms with Crippen LogP contribution in [0.1, 0.15) is 110 Å². The van der Waals surface area contributed by atoms with Crippen LogP contribution in [0.5, 0.6) is 0 Å². The number of nitrogens with zero attached hydrogens (tertiary/aromatic N) is 3. The summed E-state index contributed by atoms with van der Waals surface area (Å²) in [6.07, 6.45) is 18.5. The summed E-state index contributed by atoms with van der Waals surface area (Å²) in [6, 6.07) is -0.183. The number of esters is 1. The third-order valence-electron chi connectivity index (χ3n) is 6.71. The Hall–Kier alpha value is -2.25. The van der Waals surface area contributed by atoms with Gasteiger partial charge in [0.2, 0.25) is 0 Å². The maximum Gasteiger partial charge on any atom is 0.337 e. The molecule has 34 heavy (non-hydrogen) atoms. The van der Waals surface area contributed by atoms with Crippen molar-refractivity contribution in [1.29, 1.82) is 0 Å². The minimum atomic E-state index is -0.243. The normalized spacial score (nSPS) is 17.5. The molecule has 8 nitrogen and oxygen atoms in total. The van der Waals surface area contributed by atoms with Gasteiger partial charge in [-0.2, -0.15) is 0 Å². The molecular formula is C26H48N6O2. The summed E-state index contributed by atoms with van der Waals surface area (Å²) in [6.45, 7) is 3.99. The molecule has 0 radical (unpaired) electrons. The molecule has 2 heterocycles. The monoisotopic (exact) mass is 476 g/mol. The van der Waals surface area contributed by atoms with Gasteiger partial charge < -0.3 is 26.8 Å². The number of hydrogen-bond acceptors (Lipinski definition) is 6. The van der Waals surface area contributed by atoms with Crippen LogP contribution in [-0.4, -0.2) is 48.5 Å². The van der Waals surface area contributed by atoms with Gasteiger partial charge in [0.15, 0.2) is 11.9 Å². The van der Waals surface area contributed by atoms with E-state index in [2.05, 4.69) is 11.9 Å². The van der Waals surface area contributed by atoms with Crippen molar-refractivity contribution in [1.82, 2.24) is 4.90 Å². The largest absolute Gasteiger partial charge is 0.462 e. The molecule has 1 fully saturated rings. The summed E-state index contributed by atoms with van der Waals surface area (Å²) < 4.78 is 5.62. The SMILES string of the molecule is CCCCCCCCCCCCCC1N=C(N)N2CCCC2=C1C(=O)OCCCCN=C(N)N. The van der Waals surface area contributed by atoms with E-state index in [1.54, 1.807) is 0 Å². The maximum atomic E-state index is 13.0. The van der Waals surface area contributed by atoms with Crippen molar-refractivity contribution in [2.75, 3.05) is 19.7 Å².